The zero-order chi connectivity index (χ0) is 21.3. The lowest BCUT2D eigenvalue weighted by Crippen LogP contribution is -3.00. The molecule has 2 aliphatic rings. The summed E-state index contributed by atoms with van der Waals surface area (Å²) in [7, 11) is 2.07. The molecule has 1 atom stereocenters. The van der Waals surface area contributed by atoms with Gasteiger partial charge in [0, 0.05) is 16.5 Å². The molecule has 0 aromatic heterocycles. The number of likely N-dealkylation sites (tertiary alicyclic amines) is 1. The Morgan fingerprint density at radius 3 is 2.32 bits per heavy atom. The van der Waals surface area contributed by atoms with Crippen LogP contribution in [0.4, 0.5) is 5.69 Å². The molecule has 1 unspecified atom stereocenters. The summed E-state index contributed by atoms with van der Waals surface area (Å²) in [6.45, 7) is 1.87. The van der Waals surface area contributed by atoms with Gasteiger partial charge in [0.2, 0.25) is 0 Å². The number of nitrogens with zero attached hydrogens (tertiary/aromatic N) is 3. The molecule has 2 aromatic rings. The fourth-order valence-corrected chi connectivity index (χ4v) is 4.73. The molecule has 166 valence electrons. The number of halogens is 4. The van der Waals surface area contributed by atoms with E-state index in [2.05, 4.69) is 12.5 Å². The Hall–Kier alpha value is -1.06. The van der Waals surface area contributed by atoms with Crippen molar-refractivity contribution in [1.29, 1.82) is 0 Å². The van der Waals surface area contributed by atoms with Gasteiger partial charge in [0.1, 0.15) is 18.8 Å². The summed E-state index contributed by atoms with van der Waals surface area (Å²) in [4.78, 5) is 13.1. The van der Waals surface area contributed by atoms with Crippen LogP contribution in [0, 0.1) is 0 Å². The highest BCUT2D eigenvalue weighted by Crippen LogP contribution is 2.40. The molecule has 1 fully saturated rings. The number of benzene rings is 2. The molecule has 0 aliphatic carbocycles. The number of piperidine rings is 1. The first kappa shape index (κ1) is 24.6. The van der Waals surface area contributed by atoms with E-state index in [1.54, 1.807) is 12.1 Å². The van der Waals surface area contributed by atoms with Crippen LogP contribution < -0.4 is 34.4 Å². The fourth-order valence-electron chi connectivity index (χ4n) is 4.11. The molecule has 9 heteroatoms. The number of rotatable bonds is 4. The topological polar surface area (TPSA) is 44.7 Å². The second-order valence-electron chi connectivity index (χ2n) is 8.10. The van der Waals surface area contributed by atoms with E-state index in [-0.39, 0.29) is 35.9 Å². The van der Waals surface area contributed by atoms with E-state index in [1.165, 1.54) is 6.42 Å². The highest BCUT2D eigenvalue weighted by molar-refractivity contribution is 6.40. The third kappa shape index (κ3) is 5.66. The van der Waals surface area contributed by atoms with Crippen LogP contribution in [-0.4, -0.2) is 36.3 Å². The van der Waals surface area contributed by atoms with Gasteiger partial charge in [-0.05, 0) is 55.2 Å². The molecule has 0 saturated carbocycles. The minimum absolute atomic E-state index is 0. The van der Waals surface area contributed by atoms with Crippen molar-refractivity contribution in [2.24, 2.45) is 5.10 Å². The molecule has 1 saturated heterocycles. The lowest BCUT2D eigenvalue weighted by molar-refractivity contribution is -0.947. The first-order valence-electron chi connectivity index (χ1n) is 10.1. The Bertz CT molecular complexity index is 977. The predicted molar refractivity (Wildman–Crippen MR) is 123 cm³/mol. The highest BCUT2D eigenvalue weighted by Gasteiger charge is 2.36. The van der Waals surface area contributed by atoms with E-state index in [0.717, 1.165) is 31.5 Å². The maximum Gasteiger partial charge on any atom is 0.312 e. The van der Waals surface area contributed by atoms with Crippen LogP contribution in [-0.2, 0) is 4.79 Å². The number of amides is 1. The molecule has 0 radical (unpaired) electrons. The van der Waals surface area contributed by atoms with Crippen LogP contribution in [0.1, 0.15) is 37.3 Å². The predicted octanol–water partition coefficient (Wildman–Crippen LogP) is 2.62. The molecule has 4 rings (SSSR count). The van der Waals surface area contributed by atoms with Crippen LogP contribution in [0.5, 0.6) is 0 Å². The van der Waals surface area contributed by atoms with Gasteiger partial charge in [0.15, 0.2) is 0 Å². The molecule has 2 aromatic carbocycles. The molecule has 2 heterocycles. The van der Waals surface area contributed by atoms with Crippen LogP contribution in [0.3, 0.4) is 0 Å². The van der Waals surface area contributed by atoms with Gasteiger partial charge < -0.3 is 24.0 Å². The monoisotopic (exact) mass is 592 g/mol. The summed E-state index contributed by atoms with van der Waals surface area (Å²) in [5.41, 5.74) is 5.39. The number of quaternary nitrogens is 1. The quantitative estimate of drug-likeness (QED) is 0.438. The largest absolute Gasteiger partial charge is 1.00 e. The standard InChI is InChI=1S/C22H23Cl3N4O.HI/c1-29(11-3-2-4-12-29)27-22(30)19-14-21(15-5-7-16(23)8-6-15)28(26-19)20-10-9-17(24)13-18(20)25;/h5-10,13,21H,2-4,11-12,14H2,1H3;1H. The van der Waals surface area contributed by atoms with Gasteiger partial charge in [-0.1, -0.05) is 46.9 Å². The van der Waals surface area contributed by atoms with E-state index in [0.29, 0.717) is 37.5 Å². The molecule has 5 nitrogen and oxygen atoms in total. The number of anilines is 1. The van der Waals surface area contributed by atoms with E-state index >= 15 is 0 Å². The molecule has 0 spiro atoms. The summed E-state index contributed by atoms with van der Waals surface area (Å²) in [5.74, 6) is -0.133. The van der Waals surface area contributed by atoms with Crippen molar-refractivity contribution in [3.8, 4) is 0 Å². The number of nitrogens with one attached hydrogen (secondary N) is 1. The zero-order valence-corrected chi connectivity index (χ0v) is 21.5. The van der Waals surface area contributed by atoms with Crippen LogP contribution in [0.15, 0.2) is 47.6 Å². The summed E-state index contributed by atoms with van der Waals surface area (Å²) in [6, 6.07) is 12.7. The van der Waals surface area contributed by atoms with E-state index in [9.17, 15) is 4.79 Å². The third-order valence-electron chi connectivity index (χ3n) is 5.76. The van der Waals surface area contributed by atoms with Gasteiger partial charge in [0.25, 0.3) is 0 Å². The maximum atomic E-state index is 13.1. The van der Waals surface area contributed by atoms with Crippen molar-refractivity contribution in [3.63, 3.8) is 0 Å². The SMILES string of the molecule is C[N+]1(NC(=O)C2=NN(c3ccc(Cl)cc3Cl)C(c3ccc(Cl)cc3)C2)CCCCC1.[I-]. The fraction of sp³-hybridized carbons (Fsp3) is 0.364. The third-order valence-corrected chi connectivity index (χ3v) is 6.55. The number of carbonyl (C=O) groups is 1. The minimum atomic E-state index is -0.159. The smallest absolute Gasteiger partial charge is 0.312 e. The average molecular weight is 594 g/mol. The van der Waals surface area contributed by atoms with E-state index in [4.69, 9.17) is 39.9 Å². The number of hydrogen-bond donors (Lipinski definition) is 1. The number of hydrogen-bond acceptors (Lipinski definition) is 3. The van der Waals surface area contributed by atoms with E-state index in [1.807, 2.05) is 35.3 Å². The minimum Gasteiger partial charge on any atom is -1.00 e. The van der Waals surface area contributed by atoms with Crippen LogP contribution in [0.2, 0.25) is 15.1 Å². The molecule has 2 aliphatic heterocycles. The number of carbonyl (C=O) groups excluding carboxylic acids is 1. The normalized spacial score (nSPS) is 20.1. The second kappa shape index (κ2) is 10.3. The summed E-state index contributed by atoms with van der Waals surface area (Å²) < 4.78 is 0.547. The van der Waals surface area contributed by atoms with Crippen molar-refractivity contribution in [1.82, 2.24) is 5.43 Å². The highest BCUT2D eigenvalue weighted by atomic mass is 127. The van der Waals surface area contributed by atoms with Crippen molar-refractivity contribution < 1.29 is 33.4 Å². The molecule has 1 amide bonds. The lowest BCUT2D eigenvalue weighted by atomic mass is 10.0. The Balaban J connectivity index is 0.00000272. The first-order valence-corrected chi connectivity index (χ1v) is 11.2. The number of hydrazone groups is 1. The van der Waals surface area contributed by atoms with Gasteiger partial charge in [-0.2, -0.15) is 10.5 Å². The van der Waals surface area contributed by atoms with Crippen molar-refractivity contribution >= 4 is 52.1 Å². The summed E-state index contributed by atoms with van der Waals surface area (Å²) in [6.07, 6.45) is 3.92. The Kier molecular flexibility index (Phi) is 8.13. The molecule has 1 N–H and O–H groups in total. The van der Waals surface area contributed by atoms with Crippen molar-refractivity contribution in [3.05, 3.63) is 63.1 Å². The van der Waals surface area contributed by atoms with Crippen LogP contribution >= 0.6 is 34.8 Å². The lowest BCUT2D eigenvalue weighted by Gasteiger charge is -2.36. The second-order valence-corrected chi connectivity index (χ2v) is 9.38. The van der Waals surface area contributed by atoms with Gasteiger partial charge >= 0.3 is 5.91 Å². The van der Waals surface area contributed by atoms with Gasteiger partial charge in [-0.3, -0.25) is 9.80 Å². The Morgan fingerprint density at radius 2 is 1.68 bits per heavy atom. The summed E-state index contributed by atoms with van der Waals surface area (Å²) >= 11 is 18.6. The molecular weight excluding hydrogens is 570 g/mol. The molecule has 0 bridgehead atoms. The van der Waals surface area contributed by atoms with Crippen molar-refractivity contribution in [2.75, 3.05) is 25.1 Å². The van der Waals surface area contributed by atoms with E-state index < -0.39 is 0 Å². The maximum absolute atomic E-state index is 13.1. The Morgan fingerprint density at radius 1 is 1.03 bits per heavy atom. The summed E-state index contributed by atoms with van der Waals surface area (Å²) in [5, 5.41) is 8.21. The molecule has 31 heavy (non-hydrogen) atoms. The van der Waals surface area contributed by atoms with Gasteiger partial charge in [0.05, 0.1) is 23.8 Å². The van der Waals surface area contributed by atoms with Gasteiger partial charge in [-0.25, -0.2) is 4.59 Å². The first-order chi connectivity index (χ1) is 14.3. The Labute approximate surface area is 214 Å². The molecular formula is C22H24Cl3IN4O. The zero-order valence-electron chi connectivity index (χ0n) is 17.1. The average Bonchev–Trinajstić information content (AvgIpc) is 3.14. The van der Waals surface area contributed by atoms with Crippen molar-refractivity contribution in [2.45, 2.75) is 31.7 Å². The van der Waals surface area contributed by atoms with Gasteiger partial charge in [-0.15, -0.1) is 0 Å². The van der Waals surface area contributed by atoms with Crippen LogP contribution in [0.25, 0.3) is 0 Å².